The summed E-state index contributed by atoms with van der Waals surface area (Å²) >= 11 is 0. The molecule has 0 radical (unpaired) electrons. The molecule has 0 bridgehead atoms. The molecule has 2 N–H and O–H groups in total. The standard InChI is InChI=1S/C11H18N2O/c1-3-4-9(2)13-11-7-12-6-5-10(11)8-14/h5-7,9,13-14H,3-4,8H2,1-2H3. The Kier molecular flexibility index (Phi) is 4.40. The van der Waals surface area contributed by atoms with Crippen LogP contribution in [0.5, 0.6) is 0 Å². The summed E-state index contributed by atoms with van der Waals surface area (Å²) in [4.78, 5) is 4.03. The number of hydrogen-bond acceptors (Lipinski definition) is 3. The molecule has 3 heteroatoms. The average Bonchev–Trinajstić information content (AvgIpc) is 2.19. The molecule has 0 aromatic carbocycles. The molecule has 0 aliphatic rings. The molecule has 0 amide bonds. The topological polar surface area (TPSA) is 45.2 Å². The minimum Gasteiger partial charge on any atom is -0.392 e. The van der Waals surface area contributed by atoms with Crippen molar-refractivity contribution >= 4 is 5.69 Å². The Hall–Kier alpha value is -1.09. The lowest BCUT2D eigenvalue weighted by molar-refractivity contribution is 0.282. The first-order chi connectivity index (χ1) is 6.77. The van der Waals surface area contributed by atoms with Crippen molar-refractivity contribution in [2.45, 2.75) is 39.3 Å². The highest BCUT2D eigenvalue weighted by molar-refractivity contribution is 5.49. The van der Waals surface area contributed by atoms with Crippen molar-refractivity contribution in [2.24, 2.45) is 0 Å². The summed E-state index contributed by atoms with van der Waals surface area (Å²) in [5.41, 5.74) is 1.85. The van der Waals surface area contributed by atoms with Crippen LogP contribution in [0.4, 0.5) is 5.69 Å². The largest absolute Gasteiger partial charge is 0.392 e. The van der Waals surface area contributed by atoms with Gasteiger partial charge in [-0.3, -0.25) is 4.98 Å². The molecule has 1 atom stereocenters. The second kappa shape index (κ2) is 5.60. The highest BCUT2D eigenvalue weighted by Crippen LogP contribution is 2.15. The van der Waals surface area contributed by atoms with Gasteiger partial charge < -0.3 is 10.4 Å². The van der Waals surface area contributed by atoms with Crippen LogP contribution in [-0.4, -0.2) is 16.1 Å². The van der Waals surface area contributed by atoms with E-state index < -0.39 is 0 Å². The van der Waals surface area contributed by atoms with Crippen molar-refractivity contribution < 1.29 is 5.11 Å². The molecule has 0 fully saturated rings. The zero-order valence-corrected chi connectivity index (χ0v) is 8.83. The molecule has 1 unspecified atom stereocenters. The Morgan fingerprint density at radius 2 is 2.36 bits per heavy atom. The first kappa shape index (κ1) is 11.0. The number of aromatic nitrogens is 1. The summed E-state index contributed by atoms with van der Waals surface area (Å²) in [5.74, 6) is 0. The van der Waals surface area contributed by atoms with Gasteiger partial charge in [-0.25, -0.2) is 0 Å². The Morgan fingerprint density at radius 1 is 1.57 bits per heavy atom. The van der Waals surface area contributed by atoms with Crippen LogP contribution in [0, 0.1) is 0 Å². The number of rotatable bonds is 5. The smallest absolute Gasteiger partial charge is 0.0703 e. The molecule has 1 aromatic rings. The molecule has 1 rings (SSSR count). The molecular formula is C11H18N2O. The number of hydrogen-bond donors (Lipinski definition) is 2. The summed E-state index contributed by atoms with van der Waals surface area (Å²) in [5, 5.41) is 12.4. The zero-order valence-electron chi connectivity index (χ0n) is 8.83. The molecule has 0 aliphatic heterocycles. The lowest BCUT2D eigenvalue weighted by Crippen LogP contribution is -2.15. The summed E-state index contributed by atoms with van der Waals surface area (Å²) in [6.45, 7) is 4.36. The predicted octanol–water partition coefficient (Wildman–Crippen LogP) is 2.17. The van der Waals surface area contributed by atoms with Gasteiger partial charge in [-0.05, 0) is 19.4 Å². The second-order valence-electron chi connectivity index (χ2n) is 3.52. The number of aliphatic hydroxyl groups excluding tert-OH is 1. The fourth-order valence-electron chi connectivity index (χ4n) is 1.46. The van der Waals surface area contributed by atoms with Crippen LogP contribution in [0.25, 0.3) is 0 Å². The van der Waals surface area contributed by atoms with E-state index in [0.29, 0.717) is 6.04 Å². The van der Waals surface area contributed by atoms with Crippen molar-refractivity contribution in [3.63, 3.8) is 0 Å². The maximum Gasteiger partial charge on any atom is 0.0703 e. The highest BCUT2D eigenvalue weighted by atomic mass is 16.3. The highest BCUT2D eigenvalue weighted by Gasteiger charge is 2.04. The predicted molar refractivity (Wildman–Crippen MR) is 58.2 cm³/mol. The third kappa shape index (κ3) is 3.00. The molecule has 0 saturated carbocycles. The fourth-order valence-corrected chi connectivity index (χ4v) is 1.46. The van der Waals surface area contributed by atoms with Gasteiger partial charge in [0.15, 0.2) is 0 Å². The van der Waals surface area contributed by atoms with Crippen LogP contribution < -0.4 is 5.32 Å². The maximum absolute atomic E-state index is 9.09. The van der Waals surface area contributed by atoms with E-state index in [-0.39, 0.29) is 6.61 Å². The summed E-state index contributed by atoms with van der Waals surface area (Å²) in [7, 11) is 0. The van der Waals surface area contributed by atoms with Crippen LogP contribution in [0.15, 0.2) is 18.5 Å². The van der Waals surface area contributed by atoms with Crippen molar-refractivity contribution in [3.8, 4) is 0 Å². The number of anilines is 1. The molecule has 1 aromatic heterocycles. The summed E-state index contributed by atoms with van der Waals surface area (Å²) in [6.07, 6.45) is 5.74. The van der Waals surface area contributed by atoms with E-state index in [1.807, 2.05) is 6.07 Å². The average molecular weight is 194 g/mol. The number of nitrogens with one attached hydrogen (secondary N) is 1. The van der Waals surface area contributed by atoms with E-state index in [9.17, 15) is 0 Å². The molecule has 1 heterocycles. The van der Waals surface area contributed by atoms with Gasteiger partial charge in [-0.1, -0.05) is 13.3 Å². The van der Waals surface area contributed by atoms with Gasteiger partial charge >= 0.3 is 0 Å². The molecule has 0 spiro atoms. The van der Waals surface area contributed by atoms with Gasteiger partial charge in [0.25, 0.3) is 0 Å². The molecule has 0 aliphatic carbocycles. The maximum atomic E-state index is 9.09. The Balaban J connectivity index is 2.65. The van der Waals surface area contributed by atoms with Gasteiger partial charge in [-0.15, -0.1) is 0 Å². The molecule has 78 valence electrons. The van der Waals surface area contributed by atoms with Crippen molar-refractivity contribution in [3.05, 3.63) is 24.0 Å². The van der Waals surface area contributed by atoms with Gasteiger partial charge in [0.05, 0.1) is 18.5 Å². The van der Waals surface area contributed by atoms with Gasteiger partial charge in [0.2, 0.25) is 0 Å². The minimum absolute atomic E-state index is 0.0592. The SMILES string of the molecule is CCCC(C)Nc1cnccc1CO. The lowest BCUT2D eigenvalue weighted by Gasteiger charge is -2.16. The van der Waals surface area contributed by atoms with E-state index in [4.69, 9.17) is 5.11 Å². The number of nitrogens with zero attached hydrogens (tertiary/aromatic N) is 1. The van der Waals surface area contributed by atoms with Gasteiger partial charge in [0, 0.05) is 17.8 Å². The van der Waals surface area contributed by atoms with Crippen molar-refractivity contribution in [1.82, 2.24) is 4.98 Å². The lowest BCUT2D eigenvalue weighted by atomic mass is 10.1. The second-order valence-corrected chi connectivity index (χ2v) is 3.52. The van der Waals surface area contributed by atoms with Gasteiger partial charge in [-0.2, -0.15) is 0 Å². The number of pyridine rings is 1. The Bertz CT molecular complexity index is 276. The Labute approximate surface area is 85.2 Å². The van der Waals surface area contributed by atoms with E-state index in [1.165, 1.54) is 0 Å². The molecule has 0 saturated heterocycles. The first-order valence-electron chi connectivity index (χ1n) is 5.08. The van der Waals surface area contributed by atoms with E-state index >= 15 is 0 Å². The summed E-state index contributed by atoms with van der Waals surface area (Å²) in [6, 6.07) is 2.26. The van der Waals surface area contributed by atoms with Crippen LogP contribution in [0.3, 0.4) is 0 Å². The van der Waals surface area contributed by atoms with Crippen LogP contribution in [0.2, 0.25) is 0 Å². The van der Waals surface area contributed by atoms with Crippen molar-refractivity contribution in [2.75, 3.05) is 5.32 Å². The first-order valence-corrected chi connectivity index (χ1v) is 5.08. The molecule has 14 heavy (non-hydrogen) atoms. The normalized spacial score (nSPS) is 12.5. The van der Waals surface area contributed by atoms with Crippen LogP contribution >= 0.6 is 0 Å². The third-order valence-corrected chi connectivity index (χ3v) is 2.21. The van der Waals surface area contributed by atoms with E-state index in [1.54, 1.807) is 12.4 Å². The van der Waals surface area contributed by atoms with Crippen LogP contribution in [0.1, 0.15) is 32.3 Å². The third-order valence-electron chi connectivity index (χ3n) is 2.21. The van der Waals surface area contributed by atoms with Crippen molar-refractivity contribution in [1.29, 1.82) is 0 Å². The molecule has 3 nitrogen and oxygen atoms in total. The Morgan fingerprint density at radius 3 is 3.00 bits per heavy atom. The zero-order chi connectivity index (χ0) is 10.4. The minimum atomic E-state index is 0.0592. The quantitative estimate of drug-likeness (QED) is 0.755. The van der Waals surface area contributed by atoms with E-state index in [2.05, 4.69) is 24.1 Å². The fraction of sp³-hybridized carbons (Fsp3) is 0.545. The van der Waals surface area contributed by atoms with Crippen LogP contribution in [-0.2, 0) is 6.61 Å². The van der Waals surface area contributed by atoms with Gasteiger partial charge in [0.1, 0.15) is 0 Å². The van der Waals surface area contributed by atoms with E-state index in [0.717, 1.165) is 24.1 Å². The summed E-state index contributed by atoms with van der Waals surface area (Å²) < 4.78 is 0. The number of aliphatic hydroxyl groups is 1. The monoisotopic (exact) mass is 194 g/mol. The molecular weight excluding hydrogens is 176 g/mol.